The van der Waals surface area contributed by atoms with Gasteiger partial charge in [-0.1, -0.05) is 37.6 Å². The summed E-state index contributed by atoms with van der Waals surface area (Å²) in [5.41, 5.74) is 7.88. The van der Waals surface area contributed by atoms with Crippen LogP contribution in [0.5, 0.6) is 0 Å². The highest BCUT2D eigenvalue weighted by atomic mass is 16.5. The number of rotatable bonds is 4. The van der Waals surface area contributed by atoms with E-state index in [1.54, 1.807) is 0 Å². The van der Waals surface area contributed by atoms with Crippen LogP contribution in [0.25, 0.3) is 11.1 Å². The van der Waals surface area contributed by atoms with Crippen LogP contribution < -0.4 is 11.3 Å². The number of carbonyl (C=O) groups excluding carboxylic acids is 1. The van der Waals surface area contributed by atoms with Crippen LogP contribution in [0.4, 0.5) is 10.6 Å². The zero-order valence-electron chi connectivity index (χ0n) is 14.0. The molecular weight excluding hydrogens is 294 g/mol. The summed E-state index contributed by atoms with van der Waals surface area (Å²) < 4.78 is 7.34. The Kier molecular flexibility index (Phi) is 4.93. The van der Waals surface area contributed by atoms with Crippen LogP contribution >= 0.6 is 0 Å². The number of methoxy groups -OCH3 is 1. The van der Waals surface area contributed by atoms with E-state index < -0.39 is 6.09 Å². The quantitative estimate of drug-likeness (QED) is 0.939. The van der Waals surface area contributed by atoms with Crippen molar-refractivity contribution in [2.24, 2.45) is 0 Å². The lowest BCUT2D eigenvalue weighted by molar-refractivity contribution is 0.162. The van der Waals surface area contributed by atoms with Crippen molar-refractivity contribution >= 4 is 11.9 Å². The van der Waals surface area contributed by atoms with Crippen molar-refractivity contribution < 1.29 is 9.53 Å². The number of nitrogens with zero attached hydrogens (tertiary/aromatic N) is 2. The van der Waals surface area contributed by atoms with Crippen molar-refractivity contribution in [1.29, 1.82) is 0 Å². The number of anilines is 1. The molecule has 124 valence electrons. The number of ether oxygens (including phenoxy) is 1. The zero-order valence-corrected chi connectivity index (χ0v) is 14.0. The third-order valence-electron chi connectivity index (χ3n) is 4.01. The maximum Gasteiger partial charge on any atom is 0.434 e. The van der Waals surface area contributed by atoms with Gasteiger partial charge in [-0.3, -0.25) is 4.79 Å². The fraction of sp³-hybridized carbons (Fsp3) is 0.412. The maximum atomic E-state index is 13.0. The first-order valence-electron chi connectivity index (χ1n) is 7.71. The smallest absolute Gasteiger partial charge is 0.434 e. The summed E-state index contributed by atoms with van der Waals surface area (Å²) in [6.45, 7) is 5.83. The van der Waals surface area contributed by atoms with Gasteiger partial charge in [0.1, 0.15) is 5.82 Å². The van der Waals surface area contributed by atoms with Crippen molar-refractivity contribution in [3.05, 3.63) is 40.2 Å². The van der Waals surface area contributed by atoms with E-state index in [-0.39, 0.29) is 17.4 Å². The van der Waals surface area contributed by atoms with E-state index in [4.69, 9.17) is 10.5 Å². The van der Waals surface area contributed by atoms with Gasteiger partial charge in [-0.05, 0) is 31.4 Å². The molecule has 0 amide bonds. The van der Waals surface area contributed by atoms with E-state index >= 15 is 0 Å². The van der Waals surface area contributed by atoms with Crippen LogP contribution in [-0.2, 0) is 4.74 Å². The van der Waals surface area contributed by atoms with E-state index in [0.717, 1.165) is 28.7 Å². The lowest BCUT2D eigenvalue weighted by atomic mass is 10.0. The highest BCUT2D eigenvalue weighted by Crippen LogP contribution is 2.28. The topological polar surface area (TPSA) is 79.2 Å². The maximum absolute atomic E-state index is 13.0. The molecule has 1 unspecified atom stereocenters. The number of hydrogen-bond acceptors (Lipinski definition) is 4. The van der Waals surface area contributed by atoms with E-state index in [9.17, 15) is 9.59 Å². The number of aryl methyl sites for hydroxylation is 1. The second-order valence-corrected chi connectivity index (χ2v) is 5.64. The Hall–Kier alpha value is -2.50. The predicted molar refractivity (Wildman–Crippen MR) is 90.7 cm³/mol. The Labute approximate surface area is 135 Å². The Balaban J connectivity index is 2.78. The van der Waals surface area contributed by atoms with Gasteiger partial charge in [0.25, 0.3) is 5.56 Å². The number of nitrogen functional groups attached to an aromatic ring is 1. The molecule has 0 aliphatic carbocycles. The summed E-state index contributed by atoms with van der Waals surface area (Å²) in [6, 6.07) is 7.32. The van der Waals surface area contributed by atoms with Gasteiger partial charge in [-0.15, -0.1) is 0 Å². The molecule has 0 spiro atoms. The molecule has 0 bridgehead atoms. The SMILES string of the molecule is CCCC(C)n1c(=O)c(-c2ccccc2C)c(N)n1C(=O)OC. The summed E-state index contributed by atoms with van der Waals surface area (Å²) in [7, 11) is 1.27. The lowest BCUT2D eigenvalue weighted by Crippen LogP contribution is -2.31. The Morgan fingerprint density at radius 3 is 2.57 bits per heavy atom. The first-order chi connectivity index (χ1) is 10.9. The van der Waals surface area contributed by atoms with Crippen LogP contribution in [0.2, 0.25) is 0 Å². The second kappa shape index (κ2) is 6.73. The average molecular weight is 317 g/mol. The number of benzene rings is 1. The number of carbonyl (C=O) groups is 1. The summed E-state index contributed by atoms with van der Waals surface area (Å²) >= 11 is 0. The molecule has 2 N–H and O–H groups in total. The minimum Gasteiger partial charge on any atom is -0.451 e. The van der Waals surface area contributed by atoms with E-state index in [1.807, 2.05) is 45.0 Å². The Morgan fingerprint density at radius 1 is 1.35 bits per heavy atom. The zero-order chi connectivity index (χ0) is 17.1. The lowest BCUT2D eigenvalue weighted by Gasteiger charge is -2.16. The normalized spacial score (nSPS) is 12.2. The van der Waals surface area contributed by atoms with Crippen LogP contribution in [0.15, 0.2) is 29.1 Å². The van der Waals surface area contributed by atoms with E-state index in [2.05, 4.69) is 0 Å². The molecule has 1 heterocycles. The number of aromatic nitrogens is 2. The van der Waals surface area contributed by atoms with Gasteiger partial charge in [0.15, 0.2) is 0 Å². The van der Waals surface area contributed by atoms with Crippen LogP contribution in [0.1, 0.15) is 38.3 Å². The molecule has 6 nitrogen and oxygen atoms in total. The standard InChI is InChI=1S/C17H23N3O3/c1-5-8-12(3)19-16(21)14(13-10-7-6-9-11(13)2)15(18)20(19)17(22)23-4/h6-7,9-10,12H,5,8,18H2,1-4H3. The molecule has 1 aromatic heterocycles. The average Bonchev–Trinajstić information content (AvgIpc) is 2.78. The predicted octanol–water partition coefficient (Wildman–Crippen LogP) is 3.18. The molecule has 0 radical (unpaired) electrons. The first kappa shape index (κ1) is 16.9. The third kappa shape index (κ3) is 2.88. The van der Waals surface area contributed by atoms with Crippen molar-refractivity contribution in [1.82, 2.24) is 9.36 Å². The van der Waals surface area contributed by atoms with Gasteiger partial charge in [-0.25, -0.2) is 9.48 Å². The Morgan fingerprint density at radius 2 is 2.00 bits per heavy atom. The summed E-state index contributed by atoms with van der Waals surface area (Å²) in [4.78, 5) is 25.1. The van der Waals surface area contributed by atoms with Gasteiger partial charge in [-0.2, -0.15) is 4.68 Å². The van der Waals surface area contributed by atoms with Gasteiger partial charge in [0, 0.05) is 0 Å². The van der Waals surface area contributed by atoms with Crippen LogP contribution in [0.3, 0.4) is 0 Å². The molecule has 1 atom stereocenters. The minimum atomic E-state index is -0.664. The monoisotopic (exact) mass is 317 g/mol. The molecule has 0 aliphatic heterocycles. The Bertz CT molecular complexity index is 774. The fourth-order valence-electron chi connectivity index (χ4n) is 2.85. The van der Waals surface area contributed by atoms with Crippen molar-refractivity contribution in [2.45, 2.75) is 39.7 Å². The van der Waals surface area contributed by atoms with Gasteiger partial charge in [0.2, 0.25) is 0 Å². The molecule has 23 heavy (non-hydrogen) atoms. The largest absolute Gasteiger partial charge is 0.451 e. The van der Waals surface area contributed by atoms with E-state index in [1.165, 1.54) is 11.8 Å². The highest BCUT2D eigenvalue weighted by molar-refractivity contribution is 5.83. The highest BCUT2D eigenvalue weighted by Gasteiger charge is 2.26. The van der Waals surface area contributed by atoms with Crippen LogP contribution in [-0.4, -0.2) is 22.6 Å². The molecule has 2 aromatic rings. The van der Waals surface area contributed by atoms with E-state index in [0.29, 0.717) is 5.56 Å². The van der Waals surface area contributed by atoms with Gasteiger partial charge in [0.05, 0.1) is 18.7 Å². The van der Waals surface area contributed by atoms with Crippen molar-refractivity contribution in [3.63, 3.8) is 0 Å². The molecule has 1 aromatic carbocycles. The molecule has 6 heteroatoms. The molecule has 0 aliphatic rings. The number of hydrogen-bond donors (Lipinski definition) is 1. The summed E-state index contributed by atoms with van der Waals surface area (Å²) in [6.07, 6.45) is 0.982. The van der Waals surface area contributed by atoms with Crippen molar-refractivity contribution in [3.8, 4) is 11.1 Å². The molecule has 2 rings (SSSR count). The molecular formula is C17H23N3O3. The van der Waals surface area contributed by atoms with Crippen LogP contribution in [0, 0.1) is 6.92 Å². The third-order valence-corrected chi connectivity index (χ3v) is 4.01. The number of nitrogens with two attached hydrogens (primary N) is 1. The first-order valence-corrected chi connectivity index (χ1v) is 7.71. The molecule has 0 fully saturated rings. The fourth-order valence-corrected chi connectivity index (χ4v) is 2.85. The minimum absolute atomic E-state index is 0.110. The van der Waals surface area contributed by atoms with Gasteiger partial charge < -0.3 is 10.5 Å². The van der Waals surface area contributed by atoms with Gasteiger partial charge >= 0.3 is 6.09 Å². The van der Waals surface area contributed by atoms with Crippen molar-refractivity contribution in [2.75, 3.05) is 12.8 Å². The summed E-state index contributed by atoms with van der Waals surface area (Å²) in [5.74, 6) is 0.110. The second-order valence-electron chi connectivity index (χ2n) is 5.64. The summed E-state index contributed by atoms with van der Waals surface area (Å²) in [5, 5.41) is 0. The molecule has 0 saturated heterocycles. The molecule has 0 saturated carbocycles.